The molecule has 1 aromatic rings. The molecule has 0 aliphatic carbocycles. The number of amidine groups is 1. The predicted octanol–water partition coefficient (Wildman–Crippen LogP) is 4.54. The van der Waals surface area contributed by atoms with E-state index in [4.69, 9.17) is 0 Å². The number of nitrogens with zero attached hydrogens (tertiary/aromatic N) is 1. The van der Waals surface area contributed by atoms with Crippen LogP contribution >= 0.6 is 23.5 Å². The lowest BCUT2D eigenvalue weighted by molar-refractivity contribution is 0.252. The Labute approximate surface area is 120 Å². The summed E-state index contributed by atoms with van der Waals surface area (Å²) in [7, 11) is 0. The molecule has 0 aromatic heterocycles. The van der Waals surface area contributed by atoms with Gasteiger partial charge in [0.1, 0.15) is 0 Å². The van der Waals surface area contributed by atoms with E-state index >= 15 is 0 Å². The molecule has 1 aromatic carbocycles. The molecule has 0 unspecified atom stereocenters. The number of aliphatic imine (C=N–C) groups is 1. The average Bonchev–Trinajstić information content (AvgIpc) is 2.33. The van der Waals surface area contributed by atoms with Crippen LogP contribution in [-0.2, 0) is 0 Å². The number of hydrogen-bond donors (Lipinski definition) is 1. The Morgan fingerprint density at radius 2 is 2.11 bits per heavy atom. The highest BCUT2D eigenvalue weighted by Gasteiger charge is 2.23. The van der Waals surface area contributed by atoms with Crippen molar-refractivity contribution in [1.29, 1.82) is 0 Å². The topological polar surface area (TPSA) is 24.4 Å². The summed E-state index contributed by atoms with van der Waals surface area (Å²) in [5.74, 6) is -1.44. The minimum atomic E-state index is -2.41. The van der Waals surface area contributed by atoms with Crippen molar-refractivity contribution in [1.82, 2.24) is 0 Å². The lowest BCUT2D eigenvalue weighted by atomic mass is 9.97. The van der Waals surface area contributed by atoms with Crippen molar-refractivity contribution in [2.24, 2.45) is 10.4 Å². The normalized spacial score (nSPS) is 18.3. The van der Waals surface area contributed by atoms with Gasteiger partial charge in [-0.3, -0.25) is 4.99 Å². The predicted molar refractivity (Wildman–Crippen MR) is 80.5 cm³/mol. The fourth-order valence-electron chi connectivity index (χ4n) is 1.60. The van der Waals surface area contributed by atoms with Gasteiger partial charge in [0.25, 0.3) is 5.76 Å². The summed E-state index contributed by atoms with van der Waals surface area (Å²) in [6, 6.07) is 7.08. The smallest absolute Gasteiger partial charge is 0.288 e. The molecule has 2 rings (SSSR count). The number of anilines is 1. The summed E-state index contributed by atoms with van der Waals surface area (Å²) in [5.41, 5.74) is 0.895. The fourth-order valence-corrected chi connectivity index (χ4v) is 3.15. The average molecular weight is 302 g/mol. The summed E-state index contributed by atoms with van der Waals surface area (Å²) in [4.78, 5) is 5.02. The zero-order valence-corrected chi connectivity index (χ0v) is 12.5. The second-order valence-corrected chi connectivity index (χ2v) is 7.07. The van der Waals surface area contributed by atoms with Crippen LogP contribution in [0.4, 0.5) is 14.5 Å². The SMILES string of the molecule is CC1(C)CN=C(Nc2ccccc2SC(F)F)SC1. The quantitative estimate of drug-likeness (QED) is 0.829. The van der Waals surface area contributed by atoms with E-state index in [0.717, 1.165) is 17.5 Å². The van der Waals surface area contributed by atoms with Gasteiger partial charge >= 0.3 is 0 Å². The summed E-state index contributed by atoms with van der Waals surface area (Å²) in [6.45, 7) is 5.09. The molecule has 0 spiro atoms. The minimum Gasteiger partial charge on any atom is -0.334 e. The first kappa shape index (κ1) is 14.7. The molecule has 1 heterocycles. The highest BCUT2D eigenvalue weighted by atomic mass is 32.2. The van der Waals surface area contributed by atoms with Crippen LogP contribution in [0.2, 0.25) is 0 Å². The number of nitrogens with one attached hydrogen (secondary N) is 1. The van der Waals surface area contributed by atoms with Gasteiger partial charge in [-0.05, 0) is 17.5 Å². The molecule has 0 amide bonds. The number of para-hydroxylation sites is 1. The van der Waals surface area contributed by atoms with Gasteiger partial charge in [0.05, 0.1) is 5.69 Å². The van der Waals surface area contributed by atoms with Crippen molar-refractivity contribution in [3.8, 4) is 0 Å². The van der Waals surface area contributed by atoms with E-state index in [-0.39, 0.29) is 5.41 Å². The monoisotopic (exact) mass is 302 g/mol. The van der Waals surface area contributed by atoms with Crippen LogP contribution in [0, 0.1) is 5.41 Å². The Bertz CT molecular complexity index is 475. The van der Waals surface area contributed by atoms with E-state index in [0.29, 0.717) is 22.3 Å². The van der Waals surface area contributed by atoms with E-state index in [9.17, 15) is 8.78 Å². The summed E-state index contributed by atoms with van der Waals surface area (Å²) < 4.78 is 25.0. The van der Waals surface area contributed by atoms with Crippen molar-refractivity contribution in [2.75, 3.05) is 17.6 Å². The summed E-state index contributed by atoms with van der Waals surface area (Å²) in [6.07, 6.45) is 0. The van der Waals surface area contributed by atoms with Crippen LogP contribution in [0.25, 0.3) is 0 Å². The molecule has 0 saturated heterocycles. The van der Waals surface area contributed by atoms with Crippen LogP contribution in [0.15, 0.2) is 34.2 Å². The minimum absolute atomic E-state index is 0.201. The fraction of sp³-hybridized carbons (Fsp3) is 0.462. The van der Waals surface area contributed by atoms with Gasteiger partial charge in [-0.25, -0.2) is 0 Å². The van der Waals surface area contributed by atoms with Gasteiger partial charge in [0.2, 0.25) is 0 Å². The first-order chi connectivity index (χ1) is 8.96. The molecule has 0 atom stereocenters. The number of alkyl halides is 2. The zero-order valence-electron chi connectivity index (χ0n) is 10.8. The Morgan fingerprint density at radius 1 is 1.37 bits per heavy atom. The first-order valence-corrected chi connectivity index (χ1v) is 7.81. The molecule has 1 aliphatic rings. The van der Waals surface area contributed by atoms with Crippen LogP contribution < -0.4 is 5.32 Å². The van der Waals surface area contributed by atoms with E-state index in [1.165, 1.54) is 0 Å². The maximum Gasteiger partial charge on any atom is 0.288 e. The van der Waals surface area contributed by atoms with Crippen molar-refractivity contribution >= 4 is 34.4 Å². The Kier molecular flexibility index (Phi) is 4.73. The largest absolute Gasteiger partial charge is 0.334 e. The number of rotatable bonds is 3. The maximum atomic E-state index is 12.5. The van der Waals surface area contributed by atoms with E-state index in [1.807, 2.05) is 6.07 Å². The summed E-state index contributed by atoms with van der Waals surface area (Å²) >= 11 is 2.19. The molecule has 2 nitrogen and oxygen atoms in total. The number of halogens is 2. The molecule has 0 radical (unpaired) electrons. The second-order valence-electron chi connectivity index (χ2n) is 5.07. The van der Waals surface area contributed by atoms with Gasteiger partial charge < -0.3 is 5.32 Å². The Morgan fingerprint density at radius 3 is 2.74 bits per heavy atom. The van der Waals surface area contributed by atoms with Gasteiger partial charge in [0.15, 0.2) is 5.17 Å². The van der Waals surface area contributed by atoms with Crippen LogP contribution in [0.1, 0.15) is 13.8 Å². The van der Waals surface area contributed by atoms with E-state index in [1.54, 1.807) is 30.0 Å². The van der Waals surface area contributed by atoms with Gasteiger partial charge in [-0.15, -0.1) is 0 Å². The van der Waals surface area contributed by atoms with Crippen LogP contribution in [0.5, 0.6) is 0 Å². The molecule has 104 valence electrons. The molecule has 19 heavy (non-hydrogen) atoms. The standard InChI is InChI=1S/C13H16F2N2S2/c1-13(2)7-16-12(18-8-13)17-9-5-3-4-6-10(9)19-11(14)15/h3-6,11H,7-8H2,1-2H3,(H,16,17). The lowest BCUT2D eigenvalue weighted by Gasteiger charge is -2.27. The maximum absolute atomic E-state index is 12.5. The molecule has 6 heteroatoms. The third-order valence-electron chi connectivity index (χ3n) is 2.60. The van der Waals surface area contributed by atoms with Crippen molar-refractivity contribution in [3.63, 3.8) is 0 Å². The van der Waals surface area contributed by atoms with Gasteiger partial charge in [0, 0.05) is 17.2 Å². The lowest BCUT2D eigenvalue weighted by Crippen LogP contribution is -2.27. The van der Waals surface area contributed by atoms with Crippen LogP contribution in [-0.4, -0.2) is 23.2 Å². The third-order valence-corrected chi connectivity index (χ3v) is 4.81. The molecule has 0 bridgehead atoms. The van der Waals surface area contributed by atoms with E-state index < -0.39 is 5.76 Å². The number of thioether (sulfide) groups is 2. The third kappa shape index (κ3) is 4.38. The van der Waals surface area contributed by atoms with Crippen molar-refractivity contribution in [2.45, 2.75) is 24.5 Å². The van der Waals surface area contributed by atoms with Gasteiger partial charge in [-0.2, -0.15) is 8.78 Å². The molecule has 0 fully saturated rings. The number of hydrogen-bond acceptors (Lipinski definition) is 4. The Balaban J connectivity index is 2.09. The second kappa shape index (κ2) is 6.13. The molecule has 0 saturated carbocycles. The molecule has 1 aliphatic heterocycles. The van der Waals surface area contributed by atoms with Gasteiger partial charge in [-0.1, -0.05) is 49.5 Å². The van der Waals surface area contributed by atoms with Crippen molar-refractivity contribution < 1.29 is 8.78 Å². The highest BCUT2D eigenvalue weighted by molar-refractivity contribution is 8.14. The molecular formula is C13H16F2N2S2. The summed E-state index contributed by atoms with van der Waals surface area (Å²) in [5, 5.41) is 3.96. The first-order valence-electron chi connectivity index (χ1n) is 5.94. The van der Waals surface area contributed by atoms with Crippen LogP contribution in [0.3, 0.4) is 0 Å². The van der Waals surface area contributed by atoms with Crippen molar-refractivity contribution in [3.05, 3.63) is 24.3 Å². The highest BCUT2D eigenvalue weighted by Crippen LogP contribution is 2.34. The molecular weight excluding hydrogens is 286 g/mol. The Hall–Kier alpha value is -0.750. The zero-order chi connectivity index (χ0) is 13.9. The van der Waals surface area contributed by atoms with E-state index in [2.05, 4.69) is 24.2 Å². The molecule has 1 N–H and O–H groups in total. The number of benzene rings is 1.